The molecule has 0 radical (unpaired) electrons. The van der Waals surface area contributed by atoms with Crippen LogP contribution in [0.2, 0.25) is 0 Å². The minimum Gasteiger partial charge on any atom is -0.325 e. The molecule has 0 aliphatic carbocycles. The average molecular weight is 419 g/mol. The summed E-state index contributed by atoms with van der Waals surface area (Å²) < 4.78 is 40.6. The van der Waals surface area contributed by atoms with Crippen LogP contribution in [0.15, 0.2) is 59.8 Å². The van der Waals surface area contributed by atoms with Crippen molar-refractivity contribution in [2.45, 2.75) is 29.5 Å². The maximum atomic E-state index is 13.0. The molecule has 150 valence electrons. The third kappa shape index (κ3) is 3.93. The van der Waals surface area contributed by atoms with E-state index in [0.717, 1.165) is 17.7 Å². The monoisotopic (exact) mass is 419 g/mol. The number of carbonyl (C=O) groups excluding carboxylic acids is 1. The maximum Gasteiger partial charge on any atom is 0.416 e. The van der Waals surface area contributed by atoms with Gasteiger partial charge in [-0.15, -0.1) is 10.2 Å². The van der Waals surface area contributed by atoms with Crippen molar-refractivity contribution in [3.8, 4) is 0 Å². The van der Waals surface area contributed by atoms with E-state index in [-0.39, 0.29) is 5.69 Å². The van der Waals surface area contributed by atoms with Crippen molar-refractivity contribution in [3.63, 3.8) is 0 Å². The van der Waals surface area contributed by atoms with Crippen molar-refractivity contribution in [2.24, 2.45) is 0 Å². The van der Waals surface area contributed by atoms with Gasteiger partial charge < -0.3 is 10.7 Å². The number of hydrogen-bond donors (Lipinski definition) is 2. The van der Waals surface area contributed by atoms with E-state index in [9.17, 15) is 18.0 Å². The van der Waals surface area contributed by atoms with E-state index in [1.807, 2.05) is 30.3 Å². The second kappa shape index (κ2) is 7.43. The Hall–Kier alpha value is -3.01. The van der Waals surface area contributed by atoms with Gasteiger partial charge in [-0.1, -0.05) is 48.2 Å². The summed E-state index contributed by atoms with van der Waals surface area (Å²) in [5.74, 6) is 0.216. The molecule has 4 rings (SSSR count). The van der Waals surface area contributed by atoms with Crippen LogP contribution in [0.1, 0.15) is 23.0 Å². The number of carbonyl (C=O) groups is 1. The fourth-order valence-corrected chi connectivity index (χ4v) is 4.18. The van der Waals surface area contributed by atoms with E-state index in [4.69, 9.17) is 0 Å². The zero-order valence-electron chi connectivity index (χ0n) is 15.1. The van der Waals surface area contributed by atoms with Crippen molar-refractivity contribution in [2.75, 3.05) is 10.7 Å². The molecule has 0 saturated carbocycles. The van der Waals surface area contributed by atoms with Crippen LogP contribution in [0, 0.1) is 6.92 Å². The molecule has 2 unspecified atom stereocenters. The Kier molecular flexibility index (Phi) is 4.95. The van der Waals surface area contributed by atoms with Gasteiger partial charge in [-0.3, -0.25) is 4.79 Å². The molecule has 0 fully saturated rings. The van der Waals surface area contributed by atoms with Crippen molar-refractivity contribution in [3.05, 3.63) is 71.5 Å². The molecule has 2 aromatic carbocycles. The minimum atomic E-state index is -4.48. The number of rotatable bonds is 3. The molecule has 1 aliphatic heterocycles. The predicted molar refractivity (Wildman–Crippen MR) is 103 cm³/mol. The maximum absolute atomic E-state index is 13.0. The molecule has 1 amide bonds. The molecule has 0 saturated heterocycles. The van der Waals surface area contributed by atoms with Gasteiger partial charge in [0.1, 0.15) is 11.1 Å². The minimum absolute atomic E-state index is 0.0838. The lowest BCUT2D eigenvalue weighted by Gasteiger charge is -2.32. The Morgan fingerprint density at radius 3 is 2.62 bits per heavy atom. The lowest BCUT2D eigenvalue weighted by Crippen LogP contribution is -2.41. The van der Waals surface area contributed by atoms with Crippen LogP contribution in [-0.2, 0) is 11.0 Å². The molecular formula is C19H16F3N5OS. The molecule has 3 aromatic rings. The smallest absolute Gasteiger partial charge is 0.325 e. The van der Waals surface area contributed by atoms with Gasteiger partial charge in [0, 0.05) is 5.69 Å². The quantitative estimate of drug-likeness (QED) is 0.672. The predicted octanol–water partition coefficient (Wildman–Crippen LogP) is 4.00. The number of amides is 1. The van der Waals surface area contributed by atoms with Crippen LogP contribution >= 0.6 is 11.8 Å². The number of aromatic nitrogens is 3. The van der Waals surface area contributed by atoms with Gasteiger partial charge in [0.05, 0.1) is 11.6 Å². The number of benzene rings is 2. The van der Waals surface area contributed by atoms with Gasteiger partial charge in [0.25, 0.3) is 0 Å². The number of aryl methyl sites for hydroxylation is 1. The fourth-order valence-electron chi connectivity index (χ4n) is 3.06. The number of nitrogens with zero attached hydrogens (tertiary/aromatic N) is 3. The third-order valence-electron chi connectivity index (χ3n) is 4.47. The number of thioether (sulfide) groups is 1. The zero-order valence-corrected chi connectivity index (χ0v) is 16.0. The molecule has 10 heteroatoms. The van der Waals surface area contributed by atoms with Crippen molar-refractivity contribution in [1.29, 1.82) is 0 Å². The Bertz CT molecular complexity index is 1040. The summed E-state index contributed by atoms with van der Waals surface area (Å²) in [7, 11) is 0. The summed E-state index contributed by atoms with van der Waals surface area (Å²) in [6.07, 6.45) is -4.48. The summed E-state index contributed by atoms with van der Waals surface area (Å²) in [5.41, 5.74) is 3.37. The molecule has 2 N–H and O–H groups in total. The van der Waals surface area contributed by atoms with Gasteiger partial charge in [0.15, 0.2) is 0 Å². The second-order valence-corrected chi connectivity index (χ2v) is 7.60. The third-order valence-corrected chi connectivity index (χ3v) is 5.69. The van der Waals surface area contributed by atoms with E-state index in [1.165, 1.54) is 23.9 Å². The van der Waals surface area contributed by atoms with Gasteiger partial charge in [-0.25, -0.2) is 4.68 Å². The summed E-state index contributed by atoms with van der Waals surface area (Å²) >= 11 is 1.21. The van der Waals surface area contributed by atoms with Crippen LogP contribution in [0.4, 0.5) is 18.9 Å². The second-order valence-electron chi connectivity index (χ2n) is 6.49. The van der Waals surface area contributed by atoms with Gasteiger partial charge >= 0.3 is 6.18 Å². The van der Waals surface area contributed by atoms with Crippen LogP contribution in [0.25, 0.3) is 0 Å². The number of halogens is 3. The highest BCUT2D eigenvalue weighted by atomic mass is 32.2. The fraction of sp³-hybridized carbons (Fsp3) is 0.211. The standard InChI is InChI=1S/C19H16F3N5OS/c1-11-24-25-18-27(11)26-15(12-6-3-2-4-7-12)16(29-18)17(28)23-14-9-5-8-13(10-14)19(20,21)22/h2-10,15-16,26H,1H3,(H,23,28). The molecule has 6 nitrogen and oxygen atoms in total. The van der Waals surface area contributed by atoms with Crippen LogP contribution in [0.3, 0.4) is 0 Å². The van der Waals surface area contributed by atoms with Crippen molar-refractivity contribution < 1.29 is 18.0 Å². The first-order valence-corrected chi connectivity index (χ1v) is 9.59. The van der Waals surface area contributed by atoms with Gasteiger partial charge in [-0.05, 0) is 30.7 Å². The van der Waals surface area contributed by atoms with Crippen LogP contribution < -0.4 is 10.7 Å². The van der Waals surface area contributed by atoms with Gasteiger partial charge in [-0.2, -0.15) is 13.2 Å². The van der Waals surface area contributed by atoms with E-state index < -0.39 is 28.9 Å². The highest BCUT2D eigenvalue weighted by Gasteiger charge is 2.37. The van der Waals surface area contributed by atoms with E-state index in [1.54, 1.807) is 11.6 Å². The number of anilines is 1. The first kappa shape index (κ1) is 19.3. The number of hydrogen-bond acceptors (Lipinski definition) is 5. The zero-order chi connectivity index (χ0) is 20.6. The highest BCUT2D eigenvalue weighted by molar-refractivity contribution is 8.00. The topological polar surface area (TPSA) is 71.8 Å². The van der Waals surface area contributed by atoms with E-state index >= 15 is 0 Å². The Morgan fingerprint density at radius 1 is 1.14 bits per heavy atom. The van der Waals surface area contributed by atoms with Crippen LogP contribution in [0.5, 0.6) is 0 Å². The van der Waals surface area contributed by atoms with Crippen LogP contribution in [-0.4, -0.2) is 26.0 Å². The first-order valence-electron chi connectivity index (χ1n) is 8.71. The van der Waals surface area contributed by atoms with E-state index in [0.29, 0.717) is 11.0 Å². The number of alkyl halides is 3. The largest absolute Gasteiger partial charge is 0.416 e. The molecule has 0 bridgehead atoms. The summed E-state index contributed by atoms with van der Waals surface area (Å²) in [6.45, 7) is 1.79. The van der Waals surface area contributed by atoms with Gasteiger partial charge in [0.2, 0.25) is 11.1 Å². The molecule has 2 heterocycles. The highest BCUT2D eigenvalue weighted by Crippen LogP contribution is 2.37. The summed E-state index contributed by atoms with van der Waals surface area (Å²) in [6, 6.07) is 13.5. The molecule has 0 spiro atoms. The molecular weight excluding hydrogens is 403 g/mol. The molecule has 29 heavy (non-hydrogen) atoms. The summed E-state index contributed by atoms with van der Waals surface area (Å²) in [4.78, 5) is 13.0. The van der Waals surface area contributed by atoms with E-state index in [2.05, 4.69) is 20.9 Å². The number of nitrogens with one attached hydrogen (secondary N) is 2. The summed E-state index contributed by atoms with van der Waals surface area (Å²) in [5, 5.41) is 10.5. The molecule has 1 aliphatic rings. The average Bonchev–Trinajstić information content (AvgIpc) is 3.07. The molecule has 1 aromatic heterocycles. The lowest BCUT2D eigenvalue weighted by atomic mass is 10.0. The first-order chi connectivity index (χ1) is 13.8. The van der Waals surface area contributed by atoms with Crippen molar-refractivity contribution in [1.82, 2.24) is 14.9 Å². The van der Waals surface area contributed by atoms with Crippen molar-refractivity contribution >= 4 is 23.4 Å². The normalized spacial score (nSPS) is 18.6. The Labute approximate surface area is 168 Å². The lowest BCUT2D eigenvalue weighted by molar-refractivity contribution is -0.137. The Balaban J connectivity index is 1.63. The SMILES string of the molecule is Cc1nnc2n1NC(c1ccccc1)C(C(=O)Nc1cccc(C(F)(F)F)c1)S2. The molecule has 2 atom stereocenters. The Morgan fingerprint density at radius 2 is 1.90 bits per heavy atom. The number of fused-ring (bicyclic) bond motifs is 1.